The Balaban J connectivity index is 2.70. The molecule has 106 valence electrons. The summed E-state index contributed by atoms with van der Waals surface area (Å²) >= 11 is 9.59. The predicted octanol–water partition coefficient (Wildman–Crippen LogP) is 3.81. The molecule has 0 fully saturated rings. The van der Waals surface area contributed by atoms with Gasteiger partial charge in [-0.25, -0.2) is 9.48 Å². The van der Waals surface area contributed by atoms with Crippen molar-refractivity contribution in [2.24, 2.45) is 0 Å². The smallest absolute Gasteiger partial charge is 0.358 e. The molecule has 0 radical (unpaired) electrons. The number of hydrogen-bond donors (Lipinski definition) is 1. The van der Waals surface area contributed by atoms with E-state index in [0.29, 0.717) is 16.4 Å². The van der Waals surface area contributed by atoms with E-state index >= 15 is 0 Å². The van der Waals surface area contributed by atoms with Crippen molar-refractivity contribution in [3.8, 4) is 5.69 Å². The van der Waals surface area contributed by atoms with Gasteiger partial charge in [0.1, 0.15) is 0 Å². The number of aromatic carboxylic acids is 1. The topological polar surface area (TPSA) is 68.0 Å². The first-order chi connectivity index (χ1) is 9.32. The third-order valence-electron chi connectivity index (χ3n) is 2.91. The molecule has 0 saturated carbocycles. The minimum Gasteiger partial charge on any atom is -0.476 e. The molecule has 7 heteroatoms. The summed E-state index contributed by atoms with van der Waals surface area (Å²) in [6, 6.07) is 3.61. The summed E-state index contributed by atoms with van der Waals surface area (Å²) in [6.45, 7) is 5.68. The molecule has 1 N–H and O–H groups in total. The largest absolute Gasteiger partial charge is 0.476 e. The Hall–Kier alpha value is -1.40. The molecular weight excluding hydrogens is 346 g/mol. The van der Waals surface area contributed by atoms with E-state index in [1.165, 1.54) is 4.68 Å². The highest BCUT2D eigenvalue weighted by Crippen LogP contribution is 2.30. The predicted molar refractivity (Wildman–Crippen MR) is 79.9 cm³/mol. The standard InChI is InChI=1S/C13H13BrClN3O2/c1-6(2)12-11(13(19)20)16-17-18(12)10-5-9(15)7(3)4-8(10)14/h4-6H,1-3H3,(H,19,20). The number of halogens is 2. The molecule has 0 spiro atoms. The van der Waals surface area contributed by atoms with Crippen LogP contribution in [0.4, 0.5) is 0 Å². The zero-order valence-corrected chi connectivity index (χ0v) is 13.5. The molecule has 0 bridgehead atoms. The zero-order valence-electron chi connectivity index (χ0n) is 11.2. The second-order valence-corrected chi connectivity index (χ2v) is 6.01. The van der Waals surface area contributed by atoms with E-state index in [9.17, 15) is 9.90 Å². The van der Waals surface area contributed by atoms with E-state index in [0.717, 1.165) is 10.0 Å². The molecule has 1 heterocycles. The van der Waals surface area contributed by atoms with Crippen LogP contribution in [0.3, 0.4) is 0 Å². The first kappa shape index (κ1) is 15.0. The molecule has 1 aromatic heterocycles. The lowest BCUT2D eigenvalue weighted by atomic mass is 10.1. The second kappa shape index (κ2) is 5.54. The Labute approximate surface area is 129 Å². The summed E-state index contributed by atoms with van der Waals surface area (Å²) in [5.41, 5.74) is 2.10. The van der Waals surface area contributed by atoms with Crippen molar-refractivity contribution in [2.75, 3.05) is 0 Å². The number of carbonyl (C=O) groups is 1. The fourth-order valence-corrected chi connectivity index (χ4v) is 2.72. The number of aromatic nitrogens is 3. The lowest BCUT2D eigenvalue weighted by Gasteiger charge is -2.12. The first-order valence-corrected chi connectivity index (χ1v) is 7.15. The fraction of sp³-hybridized carbons (Fsp3) is 0.308. The van der Waals surface area contributed by atoms with Gasteiger partial charge in [-0.1, -0.05) is 30.7 Å². The molecule has 0 saturated heterocycles. The molecule has 1 aromatic carbocycles. The maximum atomic E-state index is 11.2. The SMILES string of the molecule is Cc1cc(Br)c(-n2nnc(C(=O)O)c2C(C)C)cc1Cl. The number of rotatable bonds is 3. The number of benzene rings is 1. The van der Waals surface area contributed by atoms with Gasteiger partial charge in [-0.15, -0.1) is 5.10 Å². The van der Waals surface area contributed by atoms with Gasteiger partial charge in [0.2, 0.25) is 0 Å². The summed E-state index contributed by atoms with van der Waals surface area (Å²) in [5.74, 6) is -1.13. The molecule has 5 nitrogen and oxygen atoms in total. The van der Waals surface area contributed by atoms with Gasteiger partial charge in [0, 0.05) is 9.50 Å². The van der Waals surface area contributed by atoms with Gasteiger partial charge in [-0.3, -0.25) is 0 Å². The molecule has 0 aliphatic carbocycles. The first-order valence-electron chi connectivity index (χ1n) is 5.97. The van der Waals surface area contributed by atoms with Crippen LogP contribution < -0.4 is 0 Å². The molecule has 20 heavy (non-hydrogen) atoms. The lowest BCUT2D eigenvalue weighted by molar-refractivity contribution is 0.0688. The van der Waals surface area contributed by atoms with E-state index < -0.39 is 5.97 Å². The van der Waals surface area contributed by atoms with Crippen molar-refractivity contribution in [2.45, 2.75) is 26.7 Å². The second-order valence-electron chi connectivity index (χ2n) is 4.75. The molecular formula is C13H13BrClN3O2. The molecule has 2 rings (SSSR count). The molecule has 0 amide bonds. The van der Waals surface area contributed by atoms with Crippen molar-refractivity contribution >= 4 is 33.5 Å². The summed E-state index contributed by atoms with van der Waals surface area (Å²) in [5, 5.41) is 17.5. The van der Waals surface area contributed by atoms with E-state index in [4.69, 9.17) is 11.6 Å². The quantitative estimate of drug-likeness (QED) is 0.906. The van der Waals surface area contributed by atoms with Crippen molar-refractivity contribution < 1.29 is 9.90 Å². The minimum atomic E-state index is -1.09. The van der Waals surface area contributed by atoms with E-state index in [2.05, 4.69) is 26.2 Å². The average Bonchev–Trinajstić information content (AvgIpc) is 2.78. The Bertz CT molecular complexity index is 682. The van der Waals surface area contributed by atoms with Gasteiger partial charge in [0.05, 0.1) is 11.4 Å². The Morgan fingerprint density at radius 3 is 2.65 bits per heavy atom. The van der Waals surface area contributed by atoms with Crippen LogP contribution in [0.5, 0.6) is 0 Å². The number of nitrogens with zero attached hydrogens (tertiary/aromatic N) is 3. The summed E-state index contributed by atoms with van der Waals surface area (Å²) < 4.78 is 2.30. The van der Waals surface area contributed by atoms with Crippen LogP contribution in [-0.2, 0) is 0 Å². The summed E-state index contributed by atoms with van der Waals surface area (Å²) in [4.78, 5) is 11.2. The number of carboxylic acid groups (broad SMARTS) is 1. The number of hydrogen-bond acceptors (Lipinski definition) is 3. The van der Waals surface area contributed by atoms with Crippen LogP contribution in [0.15, 0.2) is 16.6 Å². The van der Waals surface area contributed by atoms with Crippen molar-refractivity contribution in [3.05, 3.63) is 38.6 Å². The van der Waals surface area contributed by atoms with Gasteiger partial charge in [0.25, 0.3) is 0 Å². The van der Waals surface area contributed by atoms with Crippen LogP contribution in [-0.4, -0.2) is 26.1 Å². The highest BCUT2D eigenvalue weighted by molar-refractivity contribution is 9.10. The summed E-state index contributed by atoms with van der Waals surface area (Å²) in [7, 11) is 0. The maximum absolute atomic E-state index is 11.2. The van der Waals surface area contributed by atoms with Crippen LogP contribution in [0.2, 0.25) is 5.02 Å². The molecule has 0 aliphatic heterocycles. The monoisotopic (exact) mass is 357 g/mol. The number of carboxylic acids is 1. The molecule has 0 atom stereocenters. The van der Waals surface area contributed by atoms with Crippen LogP contribution in [0, 0.1) is 6.92 Å². The van der Waals surface area contributed by atoms with Crippen molar-refractivity contribution in [1.29, 1.82) is 0 Å². The van der Waals surface area contributed by atoms with Gasteiger partial charge >= 0.3 is 5.97 Å². The van der Waals surface area contributed by atoms with Crippen molar-refractivity contribution in [1.82, 2.24) is 15.0 Å². The molecule has 2 aromatic rings. The zero-order chi connectivity index (χ0) is 15.0. The van der Waals surface area contributed by atoms with Crippen LogP contribution in [0.1, 0.15) is 41.5 Å². The molecule has 0 unspecified atom stereocenters. The van der Waals surface area contributed by atoms with Gasteiger partial charge in [0.15, 0.2) is 5.69 Å². The maximum Gasteiger partial charge on any atom is 0.358 e. The Morgan fingerprint density at radius 1 is 1.45 bits per heavy atom. The van der Waals surface area contributed by atoms with E-state index in [-0.39, 0.29) is 11.6 Å². The number of aryl methyl sites for hydroxylation is 1. The third kappa shape index (κ3) is 2.58. The third-order valence-corrected chi connectivity index (χ3v) is 3.95. The van der Waals surface area contributed by atoms with Crippen LogP contribution in [0.25, 0.3) is 5.69 Å². The molecule has 0 aliphatic rings. The van der Waals surface area contributed by atoms with E-state index in [1.807, 2.05) is 26.8 Å². The normalized spacial score (nSPS) is 11.1. The highest BCUT2D eigenvalue weighted by atomic mass is 79.9. The minimum absolute atomic E-state index is 0.0383. The van der Waals surface area contributed by atoms with E-state index in [1.54, 1.807) is 6.07 Å². The van der Waals surface area contributed by atoms with Gasteiger partial charge in [-0.2, -0.15) is 0 Å². The van der Waals surface area contributed by atoms with Gasteiger partial charge in [-0.05, 0) is 46.5 Å². The van der Waals surface area contributed by atoms with Gasteiger partial charge < -0.3 is 5.11 Å². The summed E-state index contributed by atoms with van der Waals surface area (Å²) in [6.07, 6.45) is 0. The Morgan fingerprint density at radius 2 is 2.10 bits per heavy atom. The van der Waals surface area contributed by atoms with Crippen molar-refractivity contribution in [3.63, 3.8) is 0 Å². The lowest BCUT2D eigenvalue weighted by Crippen LogP contribution is -2.09. The highest BCUT2D eigenvalue weighted by Gasteiger charge is 2.23. The Kier molecular flexibility index (Phi) is 4.15. The average molecular weight is 359 g/mol. The fourth-order valence-electron chi connectivity index (χ4n) is 1.94. The van der Waals surface area contributed by atoms with Crippen LogP contribution >= 0.6 is 27.5 Å².